The van der Waals surface area contributed by atoms with Crippen LogP contribution in [0.15, 0.2) is 24.3 Å². The highest BCUT2D eigenvalue weighted by Gasteiger charge is 2.34. The fourth-order valence-corrected chi connectivity index (χ4v) is 3.97. The van der Waals surface area contributed by atoms with Crippen molar-refractivity contribution in [3.05, 3.63) is 35.4 Å². The van der Waals surface area contributed by atoms with Gasteiger partial charge in [0, 0.05) is 32.1 Å². The van der Waals surface area contributed by atoms with Crippen LogP contribution in [-0.4, -0.2) is 80.0 Å². The number of carbonyl (C=O) groups is 2. The summed E-state index contributed by atoms with van der Waals surface area (Å²) in [5, 5.41) is 0. The van der Waals surface area contributed by atoms with E-state index in [2.05, 4.69) is 0 Å². The first-order valence-electron chi connectivity index (χ1n) is 9.85. The molecule has 27 heavy (non-hydrogen) atoms. The van der Waals surface area contributed by atoms with E-state index in [4.69, 9.17) is 4.74 Å². The molecule has 1 atom stereocenters. The lowest BCUT2D eigenvalue weighted by Gasteiger charge is -2.37. The van der Waals surface area contributed by atoms with Crippen LogP contribution in [-0.2, 0) is 14.3 Å². The minimum atomic E-state index is -0.280. The molecule has 0 bridgehead atoms. The topological polar surface area (TPSA) is 53.1 Å². The molecule has 0 saturated carbocycles. The fourth-order valence-electron chi connectivity index (χ4n) is 3.97. The SMILES string of the molecule is Cc1ccc([C@@H](C(=O)N2CCC(C(=O)N3CCOCC3)CC2)N(C)C)cc1. The molecule has 0 aliphatic carbocycles. The number of amides is 2. The lowest BCUT2D eigenvalue weighted by Crippen LogP contribution is -2.49. The Balaban J connectivity index is 1.61. The van der Waals surface area contributed by atoms with Crippen molar-refractivity contribution in [1.82, 2.24) is 14.7 Å². The molecule has 0 spiro atoms. The highest BCUT2D eigenvalue weighted by molar-refractivity contribution is 5.84. The van der Waals surface area contributed by atoms with E-state index in [9.17, 15) is 9.59 Å². The van der Waals surface area contributed by atoms with Crippen LogP contribution in [0.3, 0.4) is 0 Å². The van der Waals surface area contributed by atoms with Crippen LogP contribution < -0.4 is 0 Å². The number of morpholine rings is 1. The number of ether oxygens (including phenoxy) is 1. The zero-order chi connectivity index (χ0) is 19.4. The van der Waals surface area contributed by atoms with Gasteiger partial charge in [0.05, 0.1) is 13.2 Å². The van der Waals surface area contributed by atoms with Crippen molar-refractivity contribution in [2.45, 2.75) is 25.8 Å². The zero-order valence-electron chi connectivity index (χ0n) is 16.7. The van der Waals surface area contributed by atoms with E-state index < -0.39 is 0 Å². The van der Waals surface area contributed by atoms with E-state index in [1.807, 2.05) is 60.0 Å². The molecule has 6 nitrogen and oxygen atoms in total. The second-order valence-electron chi connectivity index (χ2n) is 7.81. The Kier molecular flexibility index (Phi) is 6.50. The molecule has 0 radical (unpaired) electrons. The maximum absolute atomic E-state index is 13.2. The minimum absolute atomic E-state index is 0.0318. The third-order valence-electron chi connectivity index (χ3n) is 5.62. The van der Waals surface area contributed by atoms with Gasteiger partial charge in [0.2, 0.25) is 11.8 Å². The molecule has 0 aromatic heterocycles. The Morgan fingerprint density at radius 1 is 1.00 bits per heavy atom. The second kappa shape index (κ2) is 8.85. The summed E-state index contributed by atoms with van der Waals surface area (Å²) in [6.45, 7) is 5.98. The van der Waals surface area contributed by atoms with Crippen molar-refractivity contribution in [3.8, 4) is 0 Å². The summed E-state index contributed by atoms with van der Waals surface area (Å²) in [6.07, 6.45) is 1.49. The molecule has 1 aromatic rings. The summed E-state index contributed by atoms with van der Waals surface area (Å²) in [7, 11) is 3.88. The van der Waals surface area contributed by atoms with Crippen LogP contribution >= 0.6 is 0 Å². The van der Waals surface area contributed by atoms with E-state index in [1.54, 1.807) is 0 Å². The Labute approximate surface area is 162 Å². The van der Waals surface area contributed by atoms with E-state index in [1.165, 1.54) is 5.56 Å². The average molecular weight is 373 g/mol. The van der Waals surface area contributed by atoms with Gasteiger partial charge in [0.15, 0.2) is 0 Å². The highest BCUT2D eigenvalue weighted by Crippen LogP contribution is 2.26. The predicted molar refractivity (Wildman–Crippen MR) is 104 cm³/mol. The van der Waals surface area contributed by atoms with Crippen LogP contribution in [0.2, 0.25) is 0 Å². The molecular weight excluding hydrogens is 342 g/mol. The quantitative estimate of drug-likeness (QED) is 0.806. The monoisotopic (exact) mass is 373 g/mol. The van der Waals surface area contributed by atoms with E-state index >= 15 is 0 Å². The van der Waals surface area contributed by atoms with Gasteiger partial charge in [0.25, 0.3) is 0 Å². The lowest BCUT2D eigenvalue weighted by molar-refractivity contribution is -0.145. The number of likely N-dealkylation sites (tertiary alicyclic amines) is 1. The van der Waals surface area contributed by atoms with Crippen molar-refractivity contribution in [1.29, 1.82) is 0 Å². The largest absolute Gasteiger partial charge is 0.378 e. The van der Waals surface area contributed by atoms with Gasteiger partial charge in [0.1, 0.15) is 6.04 Å². The summed E-state index contributed by atoms with van der Waals surface area (Å²) in [5.41, 5.74) is 2.20. The number of carbonyl (C=O) groups excluding carboxylic acids is 2. The Hall–Kier alpha value is -1.92. The van der Waals surface area contributed by atoms with Gasteiger partial charge in [-0.25, -0.2) is 0 Å². The molecule has 0 N–H and O–H groups in total. The van der Waals surface area contributed by atoms with Gasteiger partial charge < -0.3 is 14.5 Å². The van der Waals surface area contributed by atoms with Crippen LogP contribution in [0, 0.1) is 12.8 Å². The number of hydrogen-bond acceptors (Lipinski definition) is 4. The first-order chi connectivity index (χ1) is 13.0. The van der Waals surface area contributed by atoms with Gasteiger partial charge in [-0.15, -0.1) is 0 Å². The predicted octanol–water partition coefficient (Wildman–Crippen LogP) is 1.70. The number of piperidine rings is 1. The third-order valence-corrected chi connectivity index (χ3v) is 5.62. The molecule has 2 aliphatic heterocycles. The van der Waals surface area contributed by atoms with Crippen LogP contribution in [0.5, 0.6) is 0 Å². The molecule has 2 fully saturated rings. The highest BCUT2D eigenvalue weighted by atomic mass is 16.5. The van der Waals surface area contributed by atoms with Gasteiger partial charge in [-0.2, -0.15) is 0 Å². The molecule has 2 heterocycles. The number of aryl methyl sites for hydroxylation is 1. The molecule has 148 valence electrons. The van der Waals surface area contributed by atoms with Gasteiger partial charge >= 0.3 is 0 Å². The maximum atomic E-state index is 13.2. The van der Waals surface area contributed by atoms with E-state index in [0.717, 1.165) is 18.4 Å². The first-order valence-corrected chi connectivity index (χ1v) is 9.85. The summed E-state index contributed by atoms with van der Waals surface area (Å²) >= 11 is 0. The van der Waals surface area contributed by atoms with Gasteiger partial charge in [-0.05, 0) is 39.4 Å². The zero-order valence-corrected chi connectivity index (χ0v) is 16.7. The fraction of sp³-hybridized carbons (Fsp3) is 0.619. The van der Waals surface area contributed by atoms with Crippen LogP contribution in [0.25, 0.3) is 0 Å². The second-order valence-corrected chi connectivity index (χ2v) is 7.81. The average Bonchev–Trinajstić information content (AvgIpc) is 2.69. The molecule has 2 saturated heterocycles. The van der Waals surface area contributed by atoms with Crippen LogP contribution in [0.4, 0.5) is 0 Å². The molecular formula is C21H31N3O3. The summed E-state index contributed by atoms with van der Waals surface area (Å²) < 4.78 is 5.33. The molecule has 2 amide bonds. The van der Waals surface area contributed by atoms with Gasteiger partial charge in [-0.1, -0.05) is 29.8 Å². The number of rotatable bonds is 4. The third kappa shape index (κ3) is 4.68. The van der Waals surface area contributed by atoms with E-state index in [0.29, 0.717) is 39.4 Å². The number of likely N-dealkylation sites (N-methyl/N-ethyl adjacent to an activating group) is 1. The molecule has 3 rings (SSSR count). The van der Waals surface area contributed by atoms with Crippen LogP contribution in [0.1, 0.15) is 30.0 Å². The molecule has 1 aromatic carbocycles. The Morgan fingerprint density at radius 3 is 2.15 bits per heavy atom. The molecule has 6 heteroatoms. The normalized spacial score (nSPS) is 20.0. The summed E-state index contributed by atoms with van der Waals surface area (Å²) in [4.78, 5) is 31.7. The maximum Gasteiger partial charge on any atom is 0.244 e. The van der Waals surface area contributed by atoms with Crippen molar-refractivity contribution >= 4 is 11.8 Å². The molecule has 0 unspecified atom stereocenters. The van der Waals surface area contributed by atoms with Crippen molar-refractivity contribution in [3.63, 3.8) is 0 Å². The van der Waals surface area contributed by atoms with Gasteiger partial charge in [-0.3, -0.25) is 14.5 Å². The summed E-state index contributed by atoms with van der Waals surface area (Å²) in [6, 6.07) is 7.88. The summed E-state index contributed by atoms with van der Waals surface area (Å²) in [5.74, 6) is 0.388. The number of benzene rings is 1. The first kappa shape index (κ1) is 19.8. The van der Waals surface area contributed by atoms with Crippen molar-refractivity contribution < 1.29 is 14.3 Å². The number of nitrogens with zero attached hydrogens (tertiary/aromatic N) is 3. The Morgan fingerprint density at radius 2 is 1.59 bits per heavy atom. The standard InChI is InChI=1S/C21H31N3O3/c1-16-4-6-17(7-5-16)19(22(2)3)21(26)23-10-8-18(9-11-23)20(25)24-12-14-27-15-13-24/h4-7,18-19H,8-15H2,1-3H3/t19-/m0/s1. The smallest absolute Gasteiger partial charge is 0.244 e. The van der Waals surface area contributed by atoms with E-state index in [-0.39, 0.29) is 23.8 Å². The lowest BCUT2D eigenvalue weighted by atomic mass is 9.94. The van der Waals surface area contributed by atoms with Crippen molar-refractivity contribution in [2.75, 3.05) is 53.5 Å². The Bertz CT molecular complexity index is 645. The minimum Gasteiger partial charge on any atom is -0.378 e. The number of hydrogen-bond donors (Lipinski definition) is 0. The molecule has 2 aliphatic rings. The van der Waals surface area contributed by atoms with Crippen molar-refractivity contribution in [2.24, 2.45) is 5.92 Å².